The summed E-state index contributed by atoms with van der Waals surface area (Å²) in [5.41, 5.74) is 19.2. The molecule has 6 aromatic rings. The van der Waals surface area contributed by atoms with Crippen LogP contribution in [0.4, 0.5) is 15.8 Å². The first-order valence-corrected chi connectivity index (χ1v) is 20.6. The SMILES string of the molecule is CCSC(=O)COc1cccc(-c2cc(C(=O)Nc3ccncc3)ccc2CN)c1.NCc1ccc(C(=O)Nc2ccncc2)cc1-c1cccc(OCC(=O)SCF)c1. The minimum absolute atomic E-state index is 0.0136. The number of thioether (sulfide) groups is 2. The molecule has 308 valence electrons. The van der Waals surface area contributed by atoms with Crippen LogP contribution in [0.5, 0.6) is 11.5 Å². The van der Waals surface area contributed by atoms with E-state index in [1.165, 1.54) is 11.8 Å². The van der Waals surface area contributed by atoms with Crippen molar-refractivity contribution in [2.45, 2.75) is 20.0 Å². The van der Waals surface area contributed by atoms with E-state index in [2.05, 4.69) is 20.6 Å². The van der Waals surface area contributed by atoms with Gasteiger partial charge in [-0.05, 0) is 112 Å². The summed E-state index contributed by atoms with van der Waals surface area (Å²) in [4.78, 5) is 56.4. The highest BCUT2D eigenvalue weighted by molar-refractivity contribution is 8.13. The van der Waals surface area contributed by atoms with Gasteiger partial charge in [-0.1, -0.05) is 66.8 Å². The van der Waals surface area contributed by atoms with E-state index in [1.54, 1.807) is 91.5 Å². The van der Waals surface area contributed by atoms with Crippen LogP contribution in [0, 0.1) is 0 Å². The molecule has 2 aromatic heterocycles. The number of ether oxygens (including phenoxy) is 2. The van der Waals surface area contributed by atoms with Crippen molar-refractivity contribution in [2.75, 3.05) is 35.6 Å². The minimum atomic E-state index is -0.781. The van der Waals surface area contributed by atoms with E-state index in [0.29, 0.717) is 52.3 Å². The number of nitrogens with one attached hydrogen (secondary N) is 2. The van der Waals surface area contributed by atoms with Gasteiger partial charge in [0.25, 0.3) is 11.8 Å². The van der Waals surface area contributed by atoms with Gasteiger partial charge in [0.1, 0.15) is 17.5 Å². The van der Waals surface area contributed by atoms with Gasteiger partial charge in [0.15, 0.2) is 13.2 Å². The number of pyridine rings is 2. The first-order chi connectivity index (χ1) is 29.2. The van der Waals surface area contributed by atoms with Gasteiger partial charge in [0, 0.05) is 60.4 Å². The second-order valence-corrected chi connectivity index (χ2v) is 14.9. The smallest absolute Gasteiger partial charge is 0.255 e. The molecule has 0 unspecified atom stereocenters. The van der Waals surface area contributed by atoms with Gasteiger partial charge < -0.3 is 31.6 Å². The number of halogens is 1. The molecule has 15 heteroatoms. The zero-order chi connectivity index (χ0) is 42.7. The maximum Gasteiger partial charge on any atom is 0.255 e. The standard InChI is InChI=1S/C23H23N3O3S.C22H20FN3O3S/c1-2-30-22(27)15-29-20-5-3-4-16(12-20)21-13-17(6-7-18(21)14-24)23(28)26-19-8-10-25-11-9-19;23-14-30-21(27)13-29-19-3-1-2-15(10-19)20-11-16(4-5-17(20)12-24)22(28)26-18-6-8-25-9-7-18/h3-13H,2,14-15,24H2,1H3,(H,25,26,28);1-11H,12-14,24H2,(H,25,26,28). The van der Waals surface area contributed by atoms with E-state index < -0.39 is 6.01 Å². The Morgan fingerprint density at radius 3 is 1.43 bits per heavy atom. The zero-order valence-corrected chi connectivity index (χ0v) is 34.3. The van der Waals surface area contributed by atoms with Crippen LogP contribution in [0.2, 0.25) is 0 Å². The van der Waals surface area contributed by atoms with Crippen molar-refractivity contribution < 1.29 is 33.0 Å². The third kappa shape index (κ3) is 13.3. The monoisotopic (exact) mass is 846 g/mol. The zero-order valence-electron chi connectivity index (χ0n) is 32.6. The maximum absolute atomic E-state index is 12.7. The van der Waals surface area contributed by atoms with Gasteiger partial charge in [-0.2, -0.15) is 0 Å². The van der Waals surface area contributed by atoms with Gasteiger partial charge in [-0.15, -0.1) is 0 Å². The normalized spacial score (nSPS) is 10.5. The quantitative estimate of drug-likeness (QED) is 0.0733. The van der Waals surface area contributed by atoms with Crippen LogP contribution >= 0.6 is 23.5 Å². The van der Waals surface area contributed by atoms with Gasteiger partial charge in [-0.25, -0.2) is 4.39 Å². The Morgan fingerprint density at radius 1 is 0.600 bits per heavy atom. The molecule has 0 atom stereocenters. The van der Waals surface area contributed by atoms with E-state index >= 15 is 0 Å². The molecule has 2 heterocycles. The predicted octanol–water partition coefficient (Wildman–Crippen LogP) is 8.14. The highest BCUT2D eigenvalue weighted by Crippen LogP contribution is 2.30. The summed E-state index contributed by atoms with van der Waals surface area (Å²) in [5.74, 6) is 1.30. The number of hydrogen-bond donors (Lipinski definition) is 4. The topological polar surface area (TPSA) is 189 Å². The van der Waals surface area contributed by atoms with Crippen molar-refractivity contribution in [1.82, 2.24) is 9.97 Å². The Bertz CT molecular complexity index is 2220. The molecule has 6 N–H and O–H groups in total. The average molecular weight is 847 g/mol. The lowest BCUT2D eigenvalue weighted by atomic mass is 9.96. The van der Waals surface area contributed by atoms with Gasteiger partial charge in [-0.3, -0.25) is 29.1 Å². The molecule has 12 nitrogen and oxygen atoms in total. The Hall–Kier alpha value is -6.39. The molecule has 0 bridgehead atoms. The van der Waals surface area contributed by atoms with Gasteiger partial charge >= 0.3 is 0 Å². The molecule has 4 aromatic carbocycles. The van der Waals surface area contributed by atoms with E-state index in [-0.39, 0.29) is 41.8 Å². The number of anilines is 2. The molecule has 0 aliphatic heterocycles. The Balaban J connectivity index is 0.000000228. The van der Waals surface area contributed by atoms with Crippen molar-refractivity contribution in [3.05, 3.63) is 156 Å². The summed E-state index contributed by atoms with van der Waals surface area (Å²) in [6, 6.07) is 31.3. The molecule has 6 rings (SSSR count). The van der Waals surface area contributed by atoms with Gasteiger partial charge in [0.2, 0.25) is 10.2 Å². The fourth-order valence-electron chi connectivity index (χ4n) is 5.70. The molecule has 0 saturated carbocycles. The second kappa shape index (κ2) is 23.3. The number of alkyl halides is 1. The van der Waals surface area contributed by atoms with Crippen LogP contribution in [-0.2, 0) is 22.7 Å². The van der Waals surface area contributed by atoms with Crippen molar-refractivity contribution in [1.29, 1.82) is 0 Å². The van der Waals surface area contributed by atoms with E-state index in [4.69, 9.17) is 20.9 Å². The second-order valence-electron chi connectivity index (χ2n) is 12.6. The predicted molar refractivity (Wildman–Crippen MR) is 237 cm³/mol. The van der Waals surface area contributed by atoms with Crippen LogP contribution in [-0.4, -0.2) is 57.0 Å². The third-order valence-electron chi connectivity index (χ3n) is 8.58. The fraction of sp³-hybridized carbons (Fsp3) is 0.156. The summed E-state index contributed by atoms with van der Waals surface area (Å²) < 4.78 is 23.3. The van der Waals surface area contributed by atoms with Gasteiger partial charge in [0.05, 0.1) is 0 Å². The molecule has 2 amide bonds. The number of amides is 2. The number of hydrogen-bond acceptors (Lipinski definition) is 12. The molecular weight excluding hydrogens is 804 g/mol. The number of benzene rings is 4. The summed E-state index contributed by atoms with van der Waals surface area (Å²) in [5, 5.41) is 5.28. The number of nitrogens with two attached hydrogens (primary N) is 2. The Labute approximate surface area is 355 Å². The maximum atomic E-state index is 12.7. The summed E-state index contributed by atoms with van der Waals surface area (Å²) >= 11 is 1.80. The molecule has 0 radical (unpaired) electrons. The number of nitrogens with zero attached hydrogens (tertiary/aromatic N) is 2. The average Bonchev–Trinajstić information content (AvgIpc) is 3.28. The number of carbonyl (C=O) groups excluding carboxylic acids is 4. The van der Waals surface area contributed by atoms with Crippen molar-refractivity contribution >= 4 is 56.9 Å². The highest BCUT2D eigenvalue weighted by atomic mass is 32.2. The van der Waals surface area contributed by atoms with E-state index in [0.717, 1.165) is 39.1 Å². The molecule has 0 aliphatic rings. The first-order valence-electron chi connectivity index (χ1n) is 18.6. The molecule has 0 spiro atoms. The lowest BCUT2D eigenvalue weighted by molar-refractivity contribution is -0.113. The highest BCUT2D eigenvalue weighted by Gasteiger charge is 2.14. The fourth-order valence-corrected chi connectivity index (χ4v) is 6.43. The van der Waals surface area contributed by atoms with E-state index in [9.17, 15) is 23.6 Å². The summed E-state index contributed by atoms with van der Waals surface area (Å²) in [7, 11) is 0. The number of aromatic nitrogens is 2. The third-order valence-corrected chi connectivity index (χ3v) is 9.86. The largest absolute Gasteiger partial charge is 0.485 e. The van der Waals surface area contributed by atoms with Crippen LogP contribution in [0.25, 0.3) is 22.3 Å². The van der Waals surface area contributed by atoms with Crippen molar-refractivity contribution in [2.24, 2.45) is 11.5 Å². The van der Waals surface area contributed by atoms with Crippen LogP contribution < -0.4 is 31.6 Å². The van der Waals surface area contributed by atoms with Crippen LogP contribution in [0.1, 0.15) is 38.8 Å². The van der Waals surface area contributed by atoms with Crippen LogP contribution in [0.3, 0.4) is 0 Å². The molecule has 0 fully saturated rings. The van der Waals surface area contributed by atoms with Crippen molar-refractivity contribution in [3.8, 4) is 33.8 Å². The summed E-state index contributed by atoms with van der Waals surface area (Å²) in [6.07, 6.45) is 6.43. The molecule has 0 aliphatic carbocycles. The number of rotatable bonds is 16. The first kappa shape index (κ1) is 44.7. The van der Waals surface area contributed by atoms with E-state index in [1.807, 2.05) is 49.4 Å². The van der Waals surface area contributed by atoms with Crippen molar-refractivity contribution in [3.63, 3.8) is 0 Å². The lowest BCUT2D eigenvalue weighted by Gasteiger charge is -2.13. The number of carbonyl (C=O) groups is 4. The lowest BCUT2D eigenvalue weighted by Crippen LogP contribution is -2.12. The Kier molecular flexibility index (Phi) is 17.3. The molecule has 60 heavy (non-hydrogen) atoms. The summed E-state index contributed by atoms with van der Waals surface area (Å²) in [6.45, 7) is 2.34. The minimum Gasteiger partial charge on any atom is -0.485 e. The van der Waals surface area contributed by atoms with Crippen LogP contribution in [0.15, 0.2) is 134 Å². The Morgan fingerprint density at radius 2 is 1.03 bits per heavy atom. The molecular formula is C45H43FN6O6S2. The molecule has 0 saturated heterocycles.